The molecule has 5 rings (SSSR count). The molecule has 5 aliphatic rings. The smallest absolute Gasteiger partial charge is 0.338 e. The van der Waals surface area contributed by atoms with Crippen molar-refractivity contribution in [3.8, 4) is 0 Å². The molecule has 0 aromatic rings. The molecule has 0 saturated heterocycles. The number of rotatable bonds is 15. The standard InChI is InChI=1S/C39H66O2/c1-10-27(25-34-32-21-28-20-29(23-32)24-33(34)22-28)18-19-38(7,8)41-36(40)31-16-14-30(15-17-31)35(37(5,6)11-2)26-39(9,12-3)13-4/h14,16-17,27-30,32-35H,10-13,15,18-26H2,1-9H3. The van der Waals surface area contributed by atoms with E-state index < -0.39 is 5.60 Å². The van der Waals surface area contributed by atoms with Gasteiger partial charge in [-0.05, 0) is 136 Å². The van der Waals surface area contributed by atoms with Gasteiger partial charge in [0.05, 0.1) is 5.57 Å². The lowest BCUT2D eigenvalue weighted by atomic mass is 9.50. The molecule has 41 heavy (non-hydrogen) atoms. The van der Waals surface area contributed by atoms with Crippen LogP contribution in [0.1, 0.15) is 152 Å². The van der Waals surface area contributed by atoms with Crippen molar-refractivity contribution in [2.24, 2.45) is 58.2 Å². The molecular formula is C39H66O2. The minimum Gasteiger partial charge on any atom is -0.456 e. The third-order valence-electron chi connectivity index (χ3n) is 13.3. The summed E-state index contributed by atoms with van der Waals surface area (Å²) in [6, 6.07) is 0. The first kappa shape index (κ1) is 32.9. The number of carbonyl (C=O) groups is 1. The predicted molar refractivity (Wildman–Crippen MR) is 175 cm³/mol. The summed E-state index contributed by atoms with van der Waals surface area (Å²) in [6.45, 7) is 21.0. The molecule has 3 atom stereocenters. The molecule has 5 aliphatic carbocycles. The van der Waals surface area contributed by atoms with Gasteiger partial charge in [0.1, 0.15) is 5.60 Å². The van der Waals surface area contributed by atoms with E-state index in [0.29, 0.717) is 17.3 Å². The van der Waals surface area contributed by atoms with Gasteiger partial charge in [0.25, 0.3) is 0 Å². The summed E-state index contributed by atoms with van der Waals surface area (Å²) in [7, 11) is 0. The Morgan fingerprint density at radius 3 is 2.00 bits per heavy atom. The second-order valence-electron chi connectivity index (χ2n) is 16.9. The average molecular weight is 567 g/mol. The molecule has 0 aromatic carbocycles. The Morgan fingerprint density at radius 1 is 0.902 bits per heavy atom. The fourth-order valence-electron chi connectivity index (χ4n) is 9.63. The Balaban J connectivity index is 1.30. The second kappa shape index (κ2) is 13.3. The Kier molecular flexibility index (Phi) is 10.7. The number of carbonyl (C=O) groups excluding carboxylic acids is 1. The van der Waals surface area contributed by atoms with Crippen molar-refractivity contribution in [3.63, 3.8) is 0 Å². The van der Waals surface area contributed by atoms with Crippen LogP contribution in [0.5, 0.6) is 0 Å². The SMILES string of the molecule is CCC(CCC(C)(C)OC(=O)C1=CCC(C(CC(C)(CC)CC)C(C)(C)CC)C=C1)CC1C2CC3CC(C2)CC1C3. The highest BCUT2D eigenvalue weighted by Gasteiger charge is 2.48. The fraction of sp³-hybridized carbons (Fsp3) is 0.872. The van der Waals surface area contributed by atoms with Crippen LogP contribution < -0.4 is 0 Å². The van der Waals surface area contributed by atoms with Gasteiger partial charge in [-0.2, -0.15) is 0 Å². The van der Waals surface area contributed by atoms with Crippen molar-refractivity contribution < 1.29 is 9.53 Å². The van der Waals surface area contributed by atoms with Crippen LogP contribution in [-0.2, 0) is 9.53 Å². The lowest BCUT2D eigenvalue weighted by Crippen LogP contribution is -2.45. The molecule has 4 fully saturated rings. The first-order valence-corrected chi connectivity index (χ1v) is 17.9. The van der Waals surface area contributed by atoms with E-state index in [0.717, 1.165) is 53.9 Å². The van der Waals surface area contributed by atoms with Gasteiger partial charge in [-0.3, -0.25) is 0 Å². The van der Waals surface area contributed by atoms with Gasteiger partial charge in [0.2, 0.25) is 0 Å². The summed E-state index contributed by atoms with van der Waals surface area (Å²) >= 11 is 0. The summed E-state index contributed by atoms with van der Waals surface area (Å²) in [6.07, 6.45) is 24.9. The van der Waals surface area contributed by atoms with E-state index in [1.54, 1.807) is 0 Å². The van der Waals surface area contributed by atoms with E-state index in [1.807, 2.05) is 0 Å². The molecule has 0 N–H and O–H groups in total. The Bertz CT molecular complexity index is 903. The van der Waals surface area contributed by atoms with Gasteiger partial charge in [-0.1, -0.05) is 92.4 Å². The molecule has 0 amide bonds. The molecule has 0 spiro atoms. The minimum atomic E-state index is -0.420. The Morgan fingerprint density at radius 2 is 1.51 bits per heavy atom. The van der Waals surface area contributed by atoms with Crippen LogP contribution in [0, 0.1) is 58.2 Å². The maximum absolute atomic E-state index is 13.3. The average Bonchev–Trinajstić information content (AvgIpc) is 2.94. The van der Waals surface area contributed by atoms with Gasteiger partial charge >= 0.3 is 5.97 Å². The topological polar surface area (TPSA) is 26.3 Å². The predicted octanol–water partition coefficient (Wildman–Crippen LogP) is 11.3. The Labute approximate surface area is 254 Å². The van der Waals surface area contributed by atoms with Crippen molar-refractivity contribution in [2.45, 2.75) is 158 Å². The molecule has 4 saturated carbocycles. The molecule has 3 unspecified atom stereocenters. The lowest BCUT2D eigenvalue weighted by Gasteiger charge is -2.55. The van der Waals surface area contributed by atoms with Crippen molar-refractivity contribution in [1.29, 1.82) is 0 Å². The zero-order chi connectivity index (χ0) is 30.0. The molecule has 2 nitrogen and oxygen atoms in total. The summed E-state index contributed by atoms with van der Waals surface area (Å²) in [5.74, 6) is 6.85. The molecule has 2 heteroatoms. The normalized spacial score (nSPS) is 31.2. The van der Waals surface area contributed by atoms with E-state index in [2.05, 4.69) is 80.5 Å². The Hall–Kier alpha value is -1.05. The summed E-state index contributed by atoms with van der Waals surface area (Å²) in [5, 5.41) is 0. The first-order chi connectivity index (χ1) is 19.3. The largest absolute Gasteiger partial charge is 0.456 e. The first-order valence-electron chi connectivity index (χ1n) is 17.9. The highest BCUT2D eigenvalue weighted by atomic mass is 16.6. The molecule has 0 radical (unpaired) electrons. The van der Waals surface area contributed by atoms with Gasteiger partial charge in [0.15, 0.2) is 0 Å². The summed E-state index contributed by atoms with van der Waals surface area (Å²) in [5.41, 5.74) is 0.999. The molecule has 0 aromatic heterocycles. The van der Waals surface area contributed by atoms with Gasteiger partial charge in [0, 0.05) is 0 Å². The fourth-order valence-corrected chi connectivity index (χ4v) is 9.63. The third-order valence-corrected chi connectivity index (χ3v) is 13.3. The van der Waals surface area contributed by atoms with Crippen LogP contribution in [0.2, 0.25) is 0 Å². The van der Waals surface area contributed by atoms with Crippen LogP contribution in [0.4, 0.5) is 0 Å². The molecule has 0 heterocycles. The number of ether oxygens (including phenoxy) is 1. The van der Waals surface area contributed by atoms with E-state index in [4.69, 9.17) is 4.74 Å². The molecule has 234 valence electrons. The number of allylic oxidation sites excluding steroid dienone is 2. The van der Waals surface area contributed by atoms with E-state index in [9.17, 15) is 4.79 Å². The lowest BCUT2D eigenvalue weighted by molar-refractivity contribution is -0.152. The van der Waals surface area contributed by atoms with Crippen molar-refractivity contribution in [1.82, 2.24) is 0 Å². The number of hydrogen-bond acceptors (Lipinski definition) is 2. The van der Waals surface area contributed by atoms with Crippen molar-refractivity contribution in [3.05, 3.63) is 23.8 Å². The van der Waals surface area contributed by atoms with Crippen LogP contribution in [0.15, 0.2) is 23.8 Å². The number of hydrogen-bond donors (Lipinski definition) is 0. The van der Waals surface area contributed by atoms with Crippen LogP contribution in [-0.4, -0.2) is 11.6 Å². The minimum absolute atomic E-state index is 0.128. The molecule has 0 aliphatic heterocycles. The quantitative estimate of drug-likeness (QED) is 0.184. The van der Waals surface area contributed by atoms with E-state index in [1.165, 1.54) is 77.0 Å². The van der Waals surface area contributed by atoms with Gasteiger partial charge in [-0.15, -0.1) is 0 Å². The maximum Gasteiger partial charge on any atom is 0.338 e. The second-order valence-corrected chi connectivity index (χ2v) is 16.9. The van der Waals surface area contributed by atoms with Crippen molar-refractivity contribution >= 4 is 5.97 Å². The monoisotopic (exact) mass is 567 g/mol. The highest BCUT2D eigenvalue weighted by Crippen LogP contribution is 2.58. The zero-order valence-electron chi connectivity index (χ0n) is 28.6. The summed E-state index contributed by atoms with van der Waals surface area (Å²) < 4.78 is 6.20. The van der Waals surface area contributed by atoms with Gasteiger partial charge < -0.3 is 4.74 Å². The van der Waals surface area contributed by atoms with Gasteiger partial charge in [-0.25, -0.2) is 4.79 Å². The van der Waals surface area contributed by atoms with Crippen LogP contribution in [0.25, 0.3) is 0 Å². The van der Waals surface area contributed by atoms with E-state index >= 15 is 0 Å². The summed E-state index contributed by atoms with van der Waals surface area (Å²) in [4.78, 5) is 13.3. The van der Waals surface area contributed by atoms with E-state index in [-0.39, 0.29) is 11.4 Å². The third kappa shape index (κ3) is 7.92. The maximum atomic E-state index is 13.3. The molecule has 4 bridgehead atoms. The van der Waals surface area contributed by atoms with Crippen LogP contribution in [0.3, 0.4) is 0 Å². The molecular weight excluding hydrogens is 500 g/mol. The zero-order valence-corrected chi connectivity index (χ0v) is 28.6. The van der Waals surface area contributed by atoms with Crippen molar-refractivity contribution in [2.75, 3.05) is 0 Å². The highest BCUT2D eigenvalue weighted by molar-refractivity contribution is 5.92. The van der Waals surface area contributed by atoms with Crippen LogP contribution >= 0.6 is 0 Å². The number of esters is 1.